The van der Waals surface area contributed by atoms with Gasteiger partial charge in [-0.15, -0.1) is 0 Å². The minimum Gasteiger partial charge on any atom is -0.387 e. The van der Waals surface area contributed by atoms with Crippen molar-refractivity contribution in [1.29, 1.82) is 0 Å². The van der Waals surface area contributed by atoms with Crippen molar-refractivity contribution >= 4 is 11.6 Å². The molecule has 1 aliphatic rings. The third-order valence-electron chi connectivity index (χ3n) is 3.41. The number of hydrogen-bond acceptors (Lipinski definition) is 3. The molecule has 19 heavy (non-hydrogen) atoms. The molecule has 3 N–H and O–H groups in total. The maximum Gasteiger partial charge on any atom is 0.227 e. The highest BCUT2D eigenvalue weighted by atomic mass is 16.3. The van der Waals surface area contributed by atoms with Gasteiger partial charge in [0.05, 0.1) is 12.0 Å². The van der Waals surface area contributed by atoms with Crippen LogP contribution < -0.4 is 10.6 Å². The molecule has 0 aliphatic carbocycles. The number of nitrogens with one attached hydrogen (secondary N) is 2. The Morgan fingerprint density at radius 1 is 1.37 bits per heavy atom. The third kappa shape index (κ3) is 3.33. The van der Waals surface area contributed by atoms with Gasteiger partial charge in [0.2, 0.25) is 5.91 Å². The Hall–Kier alpha value is -1.39. The first-order chi connectivity index (χ1) is 8.80. The van der Waals surface area contributed by atoms with E-state index in [0.29, 0.717) is 13.1 Å². The zero-order valence-electron chi connectivity index (χ0n) is 11.8. The van der Waals surface area contributed by atoms with Gasteiger partial charge in [0.15, 0.2) is 0 Å². The number of carbonyl (C=O) groups excluding carboxylic acids is 1. The fraction of sp³-hybridized carbons (Fsp3) is 0.533. The monoisotopic (exact) mass is 262 g/mol. The molecule has 0 spiro atoms. The van der Waals surface area contributed by atoms with Gasteiger partial charge in [-0.05, 0) is 17.0 Å². The molecule has 0 radical (unpaired) electrons. The molecule has 0 atom stereocenters. The number of para-hydroxylation sites is 1. The highest BCUT2D eigenvalue weighted by molar-refractivity contribution is 5.92. The van der Waals surface area contributed by atoms with E-state index in [9.17, 15) is 9.90 Å². The summed E-state index contributed by atoms with van der Waals surface area (Å²) in [5, 5.41) is 15.9. The normalized spacial score (nSPS) is 17.7. The van der Waals surface area contributed by atoms with Crippen LogP contribution in [0.1, 0.15) is 32.8 Å². The highest BCUT2D eigenvalue weighted by Crippen LogP contribution is 2.29. The fourth-order valence-corrected chi connectivity index (χ4v) is 2.28. The van der Waals surface area contributed by atoms with Gasteiger partial charge in [0, 0.05) is 18.8 Å². The number of anilines is 1. The minimum absolute atomic E-state index is 0.0290. The highest BCUT2D eigenvalue weighted by Gasteiger charge is 2.36. The van der Waals surface area contributed by atoms with Crippen molar-refractivity contribution in [3.05, 3.63) is 29.8 Å². The van der Waals surface area contributed by atoms with E-state index in [2.05, 4.69) is 31.4 Å². The first kappa shape index (κ1) is 14.0. The number of amides is 1. The van der Waals surface area contributed by atoms with Crippen LogP contribution in [0, 0.1) is 0 Å². The lowest BCUT2D eigenvalue weighted by molar-refractivity contribution is -0.123. The number of hydrogen-bond donors (Lipinski definition) is 3. The smallest absolute Gasteiger partial charge is 0.227 e. The van der Waals surface area contributed by atoms with Crippen LogP contribution in [0.5, 0.6) is 0 Å². The first-order valence-electron chi connectivity index (χ1n) is 6.63. The molecule has 0 unspecified atom stereocenters. The molecule has 0 aromatic heterocycles. The van der Waals surface area contributed by atoms with Gasteiger partial charge < -0.3 is 15.7 Å². The molecular formula is C15H22N2O2. The largest absolute Gasteiger partial charge is 0.387 e. The van der Waals surface area contributed by atoms with Gasteiger partial charge in [-0.3, -0.25) is 4.79 Å². The molecule has 1 heterocycles. The van der Waals surface area contributed by atoms with Crippen LogP contribution in [0.4, 0.5) is 5.69 Å². The fourth-order valence-electron chi connectivity index (χ4n) is 2.28. The molecular weight excluding hydrogens is 240 g/mol. The van der Waals surface area contributed by atoms with E-state index in [1.54, 1.807) is 0 Å². The average Bonchev–Trinajstić information content (AvgIpc) is 2.26. The van der Waals surface area contributed by atoms with Crippen molar-refractivity contribution in [2.24, 2.45) is 0 Å². The van der Waals surface area contributed by atoms with Gasteiger partial charge in [-0.1, -0.05) is 39.0 Å². The van der Waals surface area contributed by atoms with Crippen molar-refractivity contribution in [2.45, 2.75) is 38.2 Å². The molecule has 2 rings (SSSR count). The minimum atomic E-state index is -0.874. The zero-order chi connectivity index (χ0) is 14.1. The second-order valence-corrected chi connectivity index (χ2v) is 6.35. The summed E-state index contributed by atoms with van der Waals surface area (Å²) in [7, 11) is 0. The average molecular weight is 262 g/mol. The van der Waals surface area contributed by atoms with E-state index in [1.165, 1.54) is 0 Å². The Balaban J connectivity index is 2.08. The van der Waals surface area contributed by atoms with Crippen molar-refractivity contribution in [3.8, 4) is 0 Å². The van der Waals surface area contributed by atoms with Crippen LogP contribution >= 0.6 is 0 Å². The lowest BCUT2D eigenvalue weighted by atomic mass is 9.85. The van der Waals surface area contributed by atoms with Crippen molar-refractivity contribution in [3.63, 3.8) is 0 Å². The van der Waals surface area contributed by atoms with E-state index >= 15 is 0 Å². The van der Waals surface area contributed by atoms with Crippen molar-refractivity contribution < 1.29 is 9.90 Å². The van der Waals surface area contributed by atoms with Gasteiger partial charge in [0.25, 0.3) is 0 Å². The van der Waals surface area contributed by atoms with Crippen molar-refractivity contribution in [1.82, 2.24) is 5.32 Å². The third-order valence-corrected chi connectivity index (χ3v) is 3.41. The summed E-state index contributed by atoms with van der Waals surface area (Å²) in [6, 6.07) is 7.81. The van der Waals surface area contributed by atoms with E-state index in [0.717, 1.165) is 11.3 Å². The Kier molecular flexibility index (Phi) is 3.65. The first-order valence-corrected chi connectivity index (χ1v) is 6.63. The van der Waals surface area contributed by atoms with Crippen LogP contribution in [0.2, 0.25) is 0 Å². The lowest BCUT2D eigenvalue weighted by Crippen LogP contribution is -2.60. The van der Waals surface area contributed by atoms with Gasteiger partial charge >= 0.3 is 0 Å². The van der Waals surface area contributed by atoms with Crippen LogP contribution in [-0.2, 0) is 10.2 Å². The standard InChI is InChI=1S/C15H22N2O2/c1-14(2,3)11-6-4-5-7-12(11)17-13(18)8-15(19)9-16-10-15/h4-7,16,19H,8-10H2,1-3H3,(H,17,18). The molecule has 0 saturated carbocycles. The summed E-state index contributed by atoms with van der Waals surface area (Å²) < 4.78 is 0. The molecule has 1 fully saturated rings. The zero-order valence-corrected chi connectivity index (χ0v) is 11.8. The molecule has 4 nitrogen and oxygen atoms in total. The van der Waals surface area contributed by atoms with Crippen molar-refractivity contribution in [2.75, 3.05) is 18.4 Å². The second kappa shape index (κ2) is 4.94. The molecule has 4 heteroatoms. The number of benzene rings is 1. The van der Waals surface area contributed by atoms with E-state index in [1.807, 2.05) is 24.3 Å². The molecule has 1 aromatic rings. The lowest BCUT2D eigenvalue weighted by Gasteiger charge is -2.37. The molecule has 1 aliphatic heterocycles. The maximum absolute atomic E-state index is 12.0. The van der Waals surface area contributed by atoms with Gasteiger partial charge in [-0.2, -0.15) is 0 Å². The van der Waals surface area contributed by atoms with Crippen LogP contribution in [0.25, 0.3) is 0 Å². The molecule has 1 saturated heterocycles. The maximum atomic E-state index is 12.0. The van der Waals surface area contributed by atoms with Crippen LogP contribution in [0.3, 0.4) is 0 Å². The Bertz CT molecular complexity index is 473. The van der Waals surface area contributed by atoms with E-state index in [-0.39, 0.29) is 17.7 Å². The van der Waals surface area contributed by atoms with Gasteiger partial charge in [-0.25, -0.2) is 0 Å². The quantitative estimate of drug-likeness (QED) is 0.776. The predicted molar refractivity (Wildman–Crippen MR) is 76.2 cm³/mol. The number of β-amino-alcohol motifs (C(OH)–C–C–N with tert-alkyl or cyclic N) is 1. The predicted octanol–water partition coefficient (Wildman–Crippen LogP) is 1.65. The van der Waals surface area contributed by atoms with Crippen LogP contribution in [-0.4, -0.2) is 29.7 Å². The number of carbonyl (C=O) groups is 1. The summed E-state index contributed by atoms with van der Waals surface area (Å²) in [6.07, 6.45) is 0.137. The van der Waals surface area contributed by atoms with E-state index in [4.69, 9.17) is 0 Å². The summed E-state index contributed by atoms with van der Waals surface area (Å²) in [6.45, 7) is 7.31. The van der Waals surface area contributed by atoms with E-state index < -0.39 is 5.60 Å². The summed E-state index contributed by atoms with van der Waals surface area (Å²) in [4.78, 5) is 12.0. The Morgan fingerprint density at radius 2 is 2.00 bits per heavy atom. The topological polar surface area (TPSA) is 61.4 Å². The number of aliphatic hydroxyl groups is 1. The summed E-state index contributed by atoms with van der Waals surface area (Å²) in [5.74, 6) is -0.138. The number of rotatable bonds is 3. The Labute approximate surface area is 114 Å². The molecule has 1 amide bonds. The molecule has 104 valence electrons. The molecule has 0 bridgehead atoms. The summed E-state index contributed by atoms with van der Waals surface area (Å²) >= 11 is 0. The SMILES string of the molecule is CC(C)(C)c1ccccc1NC(=O)CC1(O)CNC1. The summed E-state index contributed by atoms with van der Waals surface area (Å²) in [5.41, 5.74) is 1.03. The van der Waals surface area contributed by atoms with Crippen LogP contribution in [0.15, 0.2) is 24.3 Å². The second-order valence-electron chi connectivity index (χ2n) is 6.35. The Morgan fingerprint density at radius 3 is 2.53 bits per heavy atom. The van der Waals surface area contributed by atoms with Gasteiger partial charge in [0.1, 0.15) is 0 Å². The molecule has 1 aromatic carbocycles.